The Hall–Kier alpha value is -1.10. The summed E-state index contributed by atoms with van der Waals surface area (Å²) in [6.45, 7) is -0.0953. The van der Waals surface area contributed by atoms with Crippen molar-refractivity contribution in [2.24, 2.45) is 35.3 Å². The topological polar surface area (TPSA) is 84.2 Å². The van der Waals surface area contributed by atoms with E-state index in [0.29, 0.717) is 11.8 Å². The number of hydrogen-bond acceptors (Lipinski definition) is 3. The zero-order chi connectivity index (χ0) is 12.7. The lowest BCUT2D eigenvalue weighted by Crippen LogP contribution is -2.54. The number of hydrogen-bond donors (Lipinski definition) is 3. The van der Waals surface area contributed by atoms with Crippen LogP contribution in [0.1, 0.15) is 32.1 Å². The lowest BCUT2D eigenvalue weighted by atomic mass is 9.52. The standard InChI is InChI=1S/C13H21N3O2/c14-6-11(17)15-16-13(18)12-9-2-7-1-8(4-9)5-10(12)3-7/h7-10,12H,1-6,14H2,(H,15,17)(H,16,18). The van der Waals surface area contributed by atoms with Crippen molar-refractivity contribution in [3.05, 3.63) is 0 Å². The normalized spacial score (nSPS) is 40.6. The Morgan fingerprint density at radius 3 is 2.00 bits per heavy atom. The molecule has 0 aromatic heterocycles. The first-order valence-corrected chi connectivity index (χ1v) is 6.96. The third-order valence-electron chi connectivity index (χ3n) is 5.04. The van der Waals surface area contributed by atoms with Crippen LogP contribution in [0.15, 0.2) is 0 Å². The van der Waals surface area contributed by atoms with Gasteiger partial charge in [0.05, 0.1) is 6.54 Å². The Morgan fingerprint density at radius 2 is 1.50 bits per heavy atom. The summed E-state index contributed by atoms with van der Waals surface area (Å²) in [6.07, 6.45) is 6.20. The van der Waals surface area contributed by atoms with Crippen LogP contribution in [-0.4, -0.2) is 18.4 Å². The van der Waals surface area contributed by atoms with Gasteiger partial charge in [-0.05, 0) is 55.8 Å². The van der Waals surface area contributed by atoms with E-state index in [1.165, 1.54) is 32.1 Å². The Balaban J connectivity index is 1.62. The molecule has 0 unspecified atom stereocenters. The molecule has 4 N–H and O–H groups in total. The van der Waals surface area contributed by atoms with Gasteiger partial charge < -0.3 is 5.73 Å². The van der Waals surface area contributed by atoms with Gasteiger partial charge in [-0.2, -0.15) is 0 Å². The van der Waals surface area contributed by atoms with Gasteiger partial charge in [0.15, 0.2) is 0 Å². The number of amides is 2. The Labute approximate surface area is 107 Å². The van der Waals surface area contributed by atoms with Crippen molar-refractivity contribution in [3.8, 4) is 0 Å². The number of rotatable bonds is 2. The molecule has 5 heteroatoms. The highest BCUT2D eigenvalue weighted by Gasteiger charge is 2.50. The third-order valence-corrected chi connectivity index (χ3v) is 5.04. The van der Waals surface area contributed by atoms with Crippen molar-refractivity contribution in [1.29, 1.82) is 0 Å². The van der Waals surface area contributed by atoms with Crippen LogP contribution in [0.4, 0.5) is 0 Å². The highest BCUT2D eigenvalue weighted by molar-refractivity contribution is 5.84. The molecule has 0 saturated heterocycles. The first-order valence-electron chi connectivity index (χ1n) is 6.96. The molecule has 0 radical (unpaired) electrons. The molecule has 4 aliphatic rings. The van der Waals surface area contributed by atoms with Gasteiger partial charge in [0.25, 0.3) is 5.91 Å². The van der Waals surface area contributed by atoms with E-state index in [2.05, 4.69) is 10.9 Å². The van der Waals surface area contributed by atoms with Gasteiger partial charge in [0.1, 0.15) is 0 Å². The van der Waals surface area contributed by atoms with Crippen LogP contribution in [0.3, 0.4) is 0 Å². The van der Waals surface area contributed by atoms with E-state index in [1.54, 1.807) is 0 Å². The summed E-state index contributed by atoms with van der Waals surface area (Å²) in [5, 5.41) is 0. The SMILES string of the molecule is NCC(=O)NNC(=O)C1C2CC3CC(C2)CC1C3. The van der Waals surface area contributed by atoms with Gasteiger partial charge >= 0.3 is 0 Å². The van der Waals surface area contributed by atoms with E-state index in [0.717, 1.165) is 11.8 Å². The highest BCUT2D eigenvalue weighted by atomic mass is 16.2. The van der Waals surface area contributed by atoms with Gasteiger partial charge in [0, 0.05) is 5.92 Å². The monoisotopic (exact) mass is 251 g/mol. The van der Waals surface area contributed by atoms with E-state index in [4.69, 9.17) is 5.73 Å². The van der Waals surface area contributed by atoms with Crippen LogP contribution >= 0.6 is 0 Å². The Bertz CT molecular complexity index is 341. The summed E-state index contributed by atoms with van der Waals surface area (Å²) in [4.78, 5) is 23.2. The molecule has 4 aliphatic carbocycles. The lowest BCUT2D eigenvalue weighted by Gasteiger charge is -2.53. The summed E-state index contributed by atoms with van der Waals surface area (Å²) < 4.78 is 0. The number of nitrogens with two attached hydrogens (primary N) is 1. The maximum atomic E-state index is 12.2. The molecule has 5 nitrogen and oxygen atoms in total. The molecule has 4 saturated carbocycles. The van der Waals surface area contributed by atoms with E-state index in [1.807, 2.05) is 0 Å². The van der Waals surface area contributed by atoms with E-state index in [-0.39, 0.29) is 24.3 Å². The molecule has 4 fully saturated rings. The minimum atomic E-state index is -0.341. The second-order valence-electron chi connectivity index (χ2n) is 6.20. The molecule has 0 aromatic rings. The summed E-state index contributed by atoms with van der Waals surface area (Å²) >= 11 is 0. The van der Waals surface area contributed by atoms with Crippen LogP contribution < -0.4 is 16.6 Å². The van der Waals surface area contributed by atoms with Crippen molar-refractivity contribution in [3.63, 3.8) is 0 Å². The molecule has 0 aromatic carbocycles. The summed E-state index contributed by atoms with van der Waals surface area (Å²) in [7, 11) is 0. The molecule has 4 bridgehead atoms. The average Bonchev–Trinajstić information content (AvgIpc) is 2.34. The van der Waals surface area contributed by atoms with Crippen LogP contribution in [0.2, 0.25) is 0 Å². The van der Waals surface area contributed by atoms with Crippen molar-refractivity contribution >= 4 is 11.8 Å². The van der Waals surface area contributed by atoms with E-state index >= 15 is 0 Å². The second-order valence-corrected chi connectivity index (χ2v) is 6.20. The van der Waals surface area contributed by atoms with Gasteiger partial charge in [0.2, 0.25) is 5.91 Å². The summed E-state index contributed by atoms with van der Waals surface area (Å²) in [5.74, 6) is 2.55. The Morgan fingerprint density at radius 1 is 0.944 bits per heavy atom. The zero-order valence-corrected chi connectivity index (χ0v) is 10.5. The van der Waals surface area contributed by atoms with Crippen LogP contribution in [-0.2, 0) is 9.59 Å². The van der Waals surface area contributed by atoms with Crippen LogP contribution in [0, 0.1) is 29.6 Å². The van der Waals surface area contributed by atoms with Crippen molar-refractivity contribution in [1.82, 2.24) is 10.9 Å². The van der Waals surface area contributed by atoms with E-state index < -0.39 is 0 Å². The molecule has 0 spiro atoms. The van der Waals surface area contributed by atoms with Crippen molar-refractivity contribution < 1.29 is 9.59 Å². The van der Waals surface area contributed by atoms with Gasteiger partial charge in [-0.25, -0.2) is 0 Å². The number of nitrogens with one attached hydrogen (secondary N) is 2. The molecule has 4 rings (SSSR count). The molecule has 0 aliphatic heterocycles. The minimum absolute atomic E-state index is 0.00870. The molecule has 100 valence electrons. The first-order chi connectivity index (χ1) is 8.67. The third kappa shape index (κ3) is 2.00. The van der Waals surface area contributed by atoms with Crippen LogP contribution in [0.5, 0.6) is 0 Å². The quantitative estimate of drug-likeness (QED) is 0.611. The fourth-order valence-electron chi connectivity index (χ4n) is 4.62. The fourth-order valence-corrected chi connectivity index (χ4v) is 4.62. The molecule has 2 amide bonds. The number of carbonyl (C=O) groups excluding carboxylic acids is 2. The molecule has 18 heavy (non-hydrogen) atoms. The zero-order valence-electron chi connectivity index (χ0n) is 10.5. The predicted molar refractivity (Wildman–Crippen MR) is 65.9 cm³/mol. The molecule has 0 atom stereocenters. The first kappa shape index (κ1) is 12.0. The van der Waals surface area contributed by atoms with Gasteiger partial charge in [-0.3, -0.25) is 20.4 Å². The van der Waals surface area contributed by atoms with Crippen molar-refractivity contribution in [2.45, 2.75) is 32.1 Å². The molecule has 0 heterocycles. The lowest BCUT2D eigenvalue weighted by molar-refractivity contribution is -0.141. The fraction of sp³-hybridized carbons (Fsp3) is 0.846. The largest absolute Gasteiger partial charge is 0.322 e. The van der Waals surface area contributed by atoms with E-state index in [9.17, 15) is 9.59 Å². The maximum absolute atomic E-state index is 12.2. The van der Waals surface area contributed by atoms with Gasteiger partial charge in [-0.15, -0.1) is 0 Å². The predicted octanol–water partition coefficient (Wildman–Crippen LogP) is 0.165. The van der Waals surface area contributed by atoms with Crippen molar-refractivity contribution in [2.75, 3.05) is 6.54 Å². The average molecular weight is 251 g/mol. The number of hydrazine groups is 1. The van der Waals surface area contributed by atoms with Gasteiger partial charge in [-0.1, -0.05) is 0 Å². The Kier molecular flexibility index (Phi) is 3.01. The smallest absolute Gasteiger partial charge is 0.252 e. The number of carbonyl (C=O) groups is 2. The van der Waals surface area contributed by atoms with Crippen LogP contribution in [0.25, 0.3) is 0 Å². The summed E-state index contributed by atoms with van der Waals surface area (Å²) in [5.41, 5.74) is 10.1. The molecular formula is C13H21N3O2. The molecular weight excluding hydrogens is 230 g/mol. The minimum Gasteiger partial charge on any atom is -0.322 e. The summed E-state index contributed by atoms with van der Waals surface area (Å²) in [6, 6.07) is 0. The highest BCUT2D eigenvalue weighted by Crippen LogP contribution is 2.56. The maximum Gasteiger partial charge on any atom is 0.252 e. The second kappa shape index (κ2) is 4.53.